The molecule has 4 rings (SSSR count). The lowest BCUT2D eigenvalue weighted by molar-refractivity contribution is -0.116. The average Bonchev–Trinajstić information content (AvgIpc) is 3.19. The van der Waals surface area contributed by atoms with Gasteiger partial charge in [0.1, 0.15) is 0 Å². The summed E-state index contributed by atoms with van der Waals surface area (Å²) < 4.78 is 2.21. The van der Waals surface area contributed by atoms with Crippen LogP contribution in [0.5, 0.6) is 0 Å². The van der Waals surface area contributed by atoms with Crippen molar-refractivity contribution in [3.63, 3.8) is 0 Å². The minimum Gasteiger partial charge on any atom is -0.352 e. The van der Waals surface area contributed by atoms with E-state index >= 15 is 0 Å². The van der Waals surface area contributed by atoms with E-state index in [2.05, 4.69) is 46.5 Å². The van der Waals surface area contributed by atoms with Gasteiger partial charge in [-0.1, -0.05) is 30.3 Å². The third kappa shape index (κ3) is 5.15. The summed E-state index contributed by atoms with van der Waals surface area (Å²) in [6.45, 7) is 2.16. The van der Waals surface area contributed by atoms with E-state index in [1.54, 1.807) is 6.07 Å². The zero-order valence-electron chi connectivity index (χ0n) is 18.5. The lowest BCUT2D eigenvalue weighted by Gasteiger charge is -2.11. The summed E-state index contributed by atoms with van der Waals surface area (Å²) in [5, 5.41) is 8.95. The summed E-state index contributed by atoms with van der Waals surface area (Å²) in [6.07, 6.45) is 2.28. The van der Waals surface area contributed by atoms with Gasteiger partial charge in [-0.05, 0) is 61.3 Å². The number of anilines is 1. The molecule has 0 aliphatic rings. The largest absolute Gasteiger partial charge is 0.352 e. The first-order valence-corrected chi connectivity index (χ1v) is 10.8. The predicted octanol–water partition coefficient (Wildman–Crippen LogP) is 4.11. The zero-order valence-corrected chi connectivity index (χ0v) is 18.5. The fourth-order valence-corrected chi connectivity index (χ4v) is 3.73. The second-order valence-corrected chi connectivity index (χ2v) is 8.20. The zero-order chi connectivity index (χ0) is 22.5. The van der Waals surface area contributed by atoms with Crippen LogP contribution in [0.1, 0.15) is 16.8 Å². The number of amides is 2. The maximum absolute atomic E-state index is 12.4. The fourth-order valence-electron chi connectivity index (χ4n) is 3.73. The second-order valence-electron chi connectivity index (χ2n) is 8.20. The topological polar surface area (TPSA) is 66.4 Å². The van der Waals surface area contributed by atoms with Crippen LogP contribution >= 0.6 is 0 Å². The van der Waals surface area contributed by atoms with Gasteiger partial charge >= 0.3 is 0 Å². The molecule has 0 saturated heterocycles. The van der Waals surface area contributed by atoms with Gasteiger partial charge in [0.15, 0.2) is 0 Å². The van der Waals surface area contributed by atoms with Crippen molar-refractivity contribution in [3.8, 4) is 0 Å². The van der Waals surface area contributed by atoms with E-state index in [0.717, 1.165) is 40.5 Å². The van der Waals surface area contributed by atoms with Crippen molar-refractivity contribution in [2.24, 2.45) is 0 Å². The summed E-state index contributed by atoms with van der Waals surface area (Å²) >= 11 is 0. The summed E-state index contributed by atoms with van der Waals surface area (Å²) in [5.74, 6) is -0.306. The van der Waals surface area contributed by atoms with Gasteiger partial charge in [0.2, 0.25) is 5.91 Å². The van der Waals surface area contributed by atoms with Crippen molar-refractivity contribution < 1.29 is 9.59 Å². The van der Waals surface area contributed by atoms with Crippen LogP contribution in [0.3, 0.4) is 0 Å². The van der Waals surface area contributed by atoms with Crippen molar-refractivity contribution in [1.82, 2.24) is 14.8 Å². The molecule has 1 aromatic heterocycles. The Hall–Kier alpha value is -3.64. The van der Waals surface area contributed by atoms with Gasteiger partial charge < -0.3 is 20.1 Å². The van der Waals surface area contributed by atoms with E-state index in [1.165, 1.54) is 0 Å². The number of carbonyl (C=O) groups is 2. The van der Waals surface area contributed by atoms with Crippen molar-refractivity contribution in [2.75, 3.05) is 32.5 Å². The number of likely N-dealkylation sites (N-methyl/N-ethyl adjacent to an activating group) is 1. The highest BCUT2D eigenvalue weighted by Gasteiger charge is 2.09. The van der Waals surface area contributed by atoms with Crippen LogP contribution in [0.2, 0.25) is 0 Å². The summed E-state index contributed by atoms with van der Waals surface area (Å²) in [4.78, 5) is 26.9. The van der Waals surface area contributed by atoms with Crippen molar-refractivity contribution in [1.29, 1.82) is 0 Å². The second kappa shape index (κ2) is 9.66. The molecule has 1 heterocycles. The number of hydrogen-bond donors (Lipinski definition) is 2. The molecule has 0 saturated carbocycles. The maximum atomic E-state index is 12.4. The van der Waals surface area contributed by atoms with E-state index in [1.807, 2.05) is 54.6 Å². The number of nitrogens with zero attached hydrogens (tertiary/aromatic N) is 2. The number of carbonyl (C=O) groups excluding carboxylic acids is 2. The summed E-state index contributed by atoms with van der Waals surface area (Å²) in [6, 6.07) is 21.5. The Labute approximate surface area is 187 Å². The molecule has 32 heavy (non-hydrogen) atoms. The molecule has 3 aromatic carbocycles. The molecule has 0 bridgehead atoms. The van der Waals surface area contributed by atoms with Gasteiger partial charge in [-0.3, -0.25) is 9.59 Å². The minimum absolute atomic E-state index is 0.129. The molecule has 2 amide bonds. The first-order chi connectivity index (χ1) is 15.5. The van der Waals surface area contributed by atoms with Crippen LogP contribution in [-0.4, -0.2) is 48.5 Å². The van der Waals surface area contributed by atoms with Gasteiger partial charge in [-0.2, -0.15) is 0 Å². The molecule has 164 valence electrons. The van der Waals surface area contributed by atoms with Gasteiger partial charge in [0, 0.05) is 54.4 Å². The average molecular weight is 429 g/mol. The Bertz CT molecular complexity index is 1260. The summed E-state index contributed by atoms with van der Waals surface area (Å²) in [5.41, 5.74) is 2.49. The highest BCUT2D eigenvalue weighted by molar-refractivity contribution is 5.99. The van der Waals surface area contributed by atoms with E-state index in [-0.39, 0.29) is 24.8 Å². The molecule has 0 aliphatic heterocycles. The van der Waals surface area contributed by atoms with Crippen molar-refractivity contribution in [2.45, 2.75) is 13.0 Å². The quantitative estimate of drug-likeness (QED) is 0.444. The Morgan fingerprint density at radius 3 is 2.53 bits per heavy atom. The number of hydrogen-bond acceptors (Lipinski definition) is 3. The normalized spacial score (nSPS) is 11.2. The van der Waals surface area contributed by atoms with E-state index in [4.69, 9.17) is 0 Å². The molecule has 0 radical (unpaired) electrons. The van der Waals surface area contributed by atoms with Gasteiger partial charge in [0.25, 0.3) is 5.91 Å². The van der Waals surface area contributed by atoms with Crippen LogP contribution in [0.15, 0.2) is 72.9 Å². The monoisotopic (exact) mass is 428 g/mol. The number of benzene rings is 3. The Kier molecular flexibility index (Phi) is 6.52. The molecule has 0 spiro atoms. The molecular weight excluding hydrogens is 400 g/mol. The van der Waals surface area contributed by atoms with Crippen LogP contribution in [0, 0.1) is 0 Å². The van der Waals surface area contributed by atoms with Crippen molar-refractivity contribution >= 4 is 39.2 Å². The first kappa shape index (κ1) is 21.6. The smallest absolute Gasteiger partial charge is 0.251 e. The molecular formula is C26H28N4O2. The molecule has 6 heteroatoms. The van der Waals surface area contributed by atoms with E-state index < -0.39 is 0 Å². The maximum Gasteiger partial charge on any atom is 0.251 e. The molecule has 0 aliphatic carbocycles. The van der Waals surface area contributed by atoms with Crippen LogP contribution in [0.25, 0.3) is 21.7 Å². The third-order valence-electron chi connectivity index (χ3n) is 5.49. The minimum atomic E-state index is -0.177. The van der Waals surface area contributed by atoms with Crippen molar-refractivity contribution in [3.05, 3.63) is 78.5 Å². The lowest BCUT2D eigenvalue weighted by Crippen LogP contribution is -2.27. The number of aromatic nitrogens is 1. The number of rotatable bonds is 8. The van der Waals surface area contributed by atoms with Gasteiger partial charge in [-0.15, -0.1) is 0 Å². The molecule has 0 unspecified atom stereocenters. The molecule has 2 N–H and O–H groups in total. The lowest BCUT2D eigenvalue weighted by atomic mass is 10.1. The number of nitrogens with one attached hydrogen (secondary N) is 2. The standard InChI is InChI=1S/C26H28N4O2/c1-29(2)15-16-30-14-12-21-18-23(9-10-24(21)30)28-25(31)11-13-27-26(32)22-8-7-19-5-3-4-6-20(19)17-22/h3-10,12,14,17-18H,11,13,15-16H2,1-2H3,(H,27,32)(H,28,31). The van der Waals surface area contributed by atoms with E-state index in [0.29, 0.717) is 5.56 Å². The van der Waals surface area contributed by atoms with Crippen LogP contribution < -0.4 is 10.6 Å². The highest BCUT2D eigenvalue weighted by atomic mass is 16.2. The van der Waals surface area contributed by atoms with Crippen LogP contribution in [0.4, 0.5) is 5.69 Å². The SMILES string of the molecule is CN(C)CCn1ccc2cc(NC(=O)CCNC(=O)c3ccc4ccccc4c3)ccc21. The first-order valence-electron chi connectivity index (χ1n) is 10.8. The molecule has 0 atom stereocenters. The molecule has 6 nitrogen and oxygen atoms in total. The van der Waals surface area contributed by atoms with Gasteiger partial charge in [0.05, 0.1) is 0 Å². The van der Waals surface area contributed by atoms with Crippen LogP contribution in [-0.2, 0) is 11.3 Å². The summed E-state index contributed by atoms with van der Waals surface area (Å²) in [7, 11) is 4.12. The highest BCUT2D eigenvalue weighted by Crippen LogP contribution is 2.21. The fraction of sp³-hybridized carbons (Fsp3) is 0.231. The van der Waals surface area contributed by atoms with Gasteiger partial charge in [-0.25, -0.2) is 0 Å². The van der Waals surface area contributed by atoms with E-state index in [9.17, 15) is 9.59 Å². The number of fused-ring (bicyclic) bond motifs is 2. The molecule has 0 fully saturated rings. The third-order valence-corrected chi connectivity index (χ3v) is 5.49. The Morgan fingerprint density at radius 2 is 1.72 bits per heavy atom. The predicted molar refractivity (Wildman–Crippen MR) is 130 cm³/mol. The Morgan fingerprint density at radius 1 is 0.906 bits per heavy atom. The Balaban J connectivity index is 1.29. The molecule has 4 aromatic rings.